The maximum Gasteiger partial charge on any atom is 0.252 e. The first-order valence-electron chi connectivity index (χ1n) is 7.19. The Bertz CT molecular complexity index is 925. The first-order valence-corrected chi connectivity index (χ1v) is 8.38. The molecular formula is C18H15ClN2OS. The van der Waals surface area contributed by atoms with Gasteiger partial charge >= 0.3 is 0 Å². The second-order valence-corrected chi connectivity index (χ2v) is 6.45. The smallest absolute Gasteiger partial charge is 0.252 e. The summed E-state index contributed by atoms with van der Waals surface area (Å²) in [6.45, 7) is 4.33. The van der Waals surface area contributed by atoms with Gasteiger partial charge < -0.3 is 4.57 Å². The maximum absolute atomic E-state index is 12.3. The average molecular weight is 343 g/mol. The maximum atomic E-state index is 12.3. The van der Waals surface area contributed by atoms with E-state index in [1.54, 1.807) is 6.08 Å². The van der Waals surface area contributed by atoms with Crippen LogP contribution in [0, 0.1) is 0 Å². The van der Waals surface area contributed by atoms with Crippen LogP contribution in [0.3, 0.4) is 0 Å². The summed E-state index contributed by atoms with van der Waals surface area (Å²) in [5, 5.41) is 0.651. The van der Waals surface area contributed by atoms with Crippen LogP contribution in [0.4, 0.5) is 0 Å². The number of nitrogens with zero attached hydrogens (tertiary/aromatic N) is 2. The molecule has 3 rings (SSSR count). The Hall–Kier alpha value is -2.17. The van der Waals surface area contributed by atoms with Crippen molar-refractivity contribution < 1.29 is 4.79 Å². The van der Waals surface area contributed by atoms with Crippen molar-refractivity contribution in [1.82, 2.24) is 4.57 Å². The first kappa shape index (κ1) is 15.7. The highest BCUT2D eigenvalue weighted by Gasteiger charge is 2.10. The summed E-state index contributed by atoms with van der Waals surface area (Å²) in [7, 11) is 0. The number of hydrogen-bond acceptors (Lipinski definition) is 2. The van der Waals surface area contributed by atoms with E-state index in [9.17, 15) is 4.79 Å². The van der Waals surface area contributed by atoms with E-state index in [0.29, 0.717) is 16.4 Å². The predicted molar refractivity (Wildman–Crippen MR) is 95.7 cm³/mol. The van der Waals surface area contributed by atoms with Gasteiger partial charge in [-0.05, 0) is 17.7 Å². The fraction of sp³-hybridized carbons (Fsp3) is 0.111. The van der Waals surface area contributed by atoms with E-state index in [1.807, 2.05) is 53.1 Å². The molecule has 0 atom stereocenters. The lowest BCUT2D eigenvalue weighted by molar-refractivity contribution is -0.117. The van der Waals surface area contributed by atoms with Crippen molar-refractivity contribution in [2.75, 3.05) is 0 Å². The number of thiazole rings is 1. The van der Waals surface area contributed by atoms with E-state index in [-0.39, 0.29) is 12.3 Å². The molecule has 1 amide bonds. The second kappa shape index (κ2) is 6.94. The molecule has 0 aliphatic carbocycles. The number of para-hydroxylation sites is 1. The quantitative estimate of drug-likeness (QED) is 0.654. The molecule has 0 unspecified atom stereocenters. The monoisotopic (exact) mass is 342 g/mol. The molecule has 5 heteroatoms. The van der Waals surface area contributed by atoms with Crippen LogP contribution in [0.25, 0.3) is 10.2 Å². The average Bonchev–Trinajstić information content (AvgIpc) is 2.87. The number of amides is 1. The molecule has 1 heterocycles. The Labute approximate surface area is 143 Å². The molecular weight excluding hydrogens is 328 g/mol. The number of benzene rings is 2. The largest absolute Gasteiger partial charge is 0.311 e. The van der Waals surface area contributed by atoms with Gasteiger partial charge in [-0.3, -0.25) is 4.79 Å². The molecule has 23 heavy (non-hydrogen) atoms. The zero-order valence-corrected chi connectivity index (χ0v) is 14.0. The minimum Gasteiger partial charge on any atom is -0.311 e. The van der Waals surface area contributed by atoms with Crippen LogP contribution in [0.1, 0.15) is 5.56 Å². The molecule has 0 saturated carbocycles. The molecule has 3 nitrogen and oxygen atoms in total. The van der Waals surface area contributed by atoms with Gasteiger partial charge in [-0.1, -0.05) is 65.4 Å². The predicted octanol–water partition coefficient (Wildman–Crippen LogP) is 4.21. The lowest BCUT2D eigenvalue weighted by atomic mass is 10.1. The molecule has 2 aromatic carbocycles. The van der Waals surface area contributed by atoms with E-state index < -0.39 is 0 Å². The normalized spacial score (nSPS) is 11.8. The molecule has 0 fully saturated rings. The van der Waals surface area contributed by atoms with E-state index >= 15 is 0 Å². The van der Waals surface area contributed by atoms with Crippen LogP contribution in [0.2, 0.25) is 5.02 Å². The molecule has 1 aromatic heterocycles. The minimum absolute atomic E-state index is 0.170. The number of hydrogen-bond donors (Lipinski definition) is 0. The fourth-order valence-corrected chi connectivity index (χ4v) is 3.80. The Morgan fingerprint density at radius 2 is 2.00 bits per heavy atom. The molecule has 0 bridgehead atoms. The zero-order chi connectivity index (χ0) is 16.2. The third kappa shape index (κ3) is 3.44. The number of allylic oxidation sites excluding steroid dienone is 1. The van der Waals surface area contributed by atoms with Crippen molar-refractivity contribution in [3.63, 3.8) is 0 Å². The number of carbonyl (C=O) groups excluding carboxylic acids is 1. The summed E-state index contributed by atoms with van der Waals surface area (Å²) >= 11 is 7.76. The molecule has 0 saturated heterocycles. The Kier molecular flexibility index (Phi) is 4.74. The lowest BCUT2D eigenvalue weighted by Gasteiger charge is -2.02. The van der Waals surface area contributed by atoms with Gasteiger partial charge in [0, 0.05) is 6.54 Å². The van der Waals surface area contributed by atoms with Crippen molar-refractivity contribution in [2.45, 2.75) is 13.0 Å². The molecule has 0 spiro atoms. The lowest BCUT2D eigenvalue weighted by Crippen LogP contribution is -2.17. The number of carbonyl (C=O) groups is 1. The summed E-state index contributed by atoms with van der Waals surface area (Å²) < 4.78 is 2.93. The standard InChI is InChI=1S/C18H15ClN2OS/c1-2-11-21-17-14(19)9-6-10-15(17)23-18(21)20-16(22)12-13-7-4-3-5-8-13/h2-10H,1,11-12H2. The Balaban J connectivity index is 2.04. The minimum atomic E-state index is -0.170. The van der Waals surface area contributed by atoms with Crippen LogP contribution in [0.15, 0.2) is 66.2 Å². The van der Waals surface area contributed by atoms with Crippen LogP contribution in [0.5, 0.6) is 0 Å². The number of aromatic nitrogens is 1. The van der Waals surface area contributed by atoms with Gasteiger partial charge in [0.15, 0.2) is 4.80 Å². The molecule has 0 aliphatic rings. The van der Waals surface area contributed by atoms with Gasteiger partial charge in [0.05, 0.1) is 21.7 Å². The number of halogens is 1. The topological polar surface area (TPSA) is 34.4 Å². The van der Waals surface area contributed by atoms with Crippen molar-refractivity contribution in [1.29, 1.82) is 0 Å². The van der Waals surface area contributed by atoms with Gasteiger partial charge in [0.1, 0.15) is 0 Å². The highest BCUT2D eigenvalue weighted by molar-refractivity contribution is 7.16. The summed E-state index contributed by atoms with van der Waals surface area (Å²) in [6.07, 6.45) is 2.06. The molecule has 0 aliphatic heterocycles. The fourth-order valence-electron chi connectivity index (χ4n) is 2.39. The summed E-state index contributed by atoms with van der Waals surface area (Å²) in [6, 6.07) is 15.3. The van der Waals surface area contributed by atoms with Crippen LogP contribution >= 0.6 is 22.9 Å². The third-order valence-electron chi connectivity index (χ3n) is 3.38. The van der Waals surface area contributed by atoms with Gasteiger partial charge in [0.25, 0.3) is 5.91 Å². The third-order valence-corrected chi connectivity index (χ3v) is 4.73. The Morgan fingerprint density at radius 1 is 1.22 bits per heavy atom. The number of rotatable bonds is 4. The molecule has 3 aromatic rings. The van der Waals surface area contributed by atoms with E-state index in [2.05, 4.69) is 11.6 Å². The molecule has 0 N–H and O–H groups in total. The zero-order valence-electron chi connectivity index (χ0n) is 12.4. The van der Waals surface area contributed by atoms with Crippen molar-refractivity contribution in [3.05, 3.63) is 76.6 Å². The van der Waals surface area contributed by atoms with Crippen LogP contribution in [-0.4, -0.2) is 10.5 Å². The van der Waals surface area contributed by atoms with E-state index in [4.69, 9.17) is 11.6 Å². The van der Waals surface area contributed by atoms with Gasteiger partial charge in [-0.2, -0.15) is 4.99 Å². The van der Waals surface area contributed by atoms with Crippen LogP contribution < -0.4 is 4.80 Å². The first-order chi connectivity index (χ1) is 11.2. The summed E-state index contributed by atoms with van der Waals surface area (Å²) in [4.78, 5) is 17.2. The van der Waals surface area contributed by atoms with Crippen molar-refractivity contribution in [2.24, 2.45) is 4.99 Å². The van der Waals surface area contributed by atoms with Crippen LogP contribution in [-0.2, 0) is 17.8 Å². The summed E-state index contributed by atoms with van der Waals surface area (Å²) in [5.74, 6) is -0.170. The highest BCUT2D eigenvalue weighted by atomic mass is 35.5. The van der Waals surface area contributed by atoms with Gasteiger partial charge in [-0.25, -0.2) is 0 Å². The number of fused-ring (bicyclic) bond motifs is 1. The van der Waals surface area contributed by atoms with Crippen molar-refractivity contribution >= 4 is 39.1 Å². The van der Waals surface area contributed by atoms with E-state index in [1.165, 1.54) is 11.3 Å². The second-order valence-electron chi connectivity index (χ2n) is 5.04. The van der Waals surface area contributed by atoms with E-state index in [0.717, 1.165) is 15.8 Å². The molecule has 0 radical (unpaired) electrons. The molecule has 116 valence electrons. The van der Waals surface area contributed by atoms with Crippen molar-refractivity contribution in [3.8, 4) is 0 Å². The van der Waals surface area contributed by atoms with Gasteiger partial charge in [-0.15, -0.1) is 6.58 Å². The summed E-state index contributed by atoms with van der Waals surface area (Å²) in [5.41, 5.74) is 1.85. The highest BCUT2D eigenvalue weighted by Crippen LogP contribution is 2.25. The van der Waals surface area contributed by atoms with Gasteiger partial charge in [0.2, 0.25) is 0 Å². The SMILES string of the molecule is C=CCn1c(=NC(=O)Cc2ccccc2)sc2cccc(Cl)c21. The Morgan fingerprint density at radius 3 is 2.74 bits per heavy atom.